The van der Waals surface area contributed by atoms with Crippen LogP contribution in [0.2, 0.25) is 0 Å². The molecular formula is C14H19NO4. The number of carbonyl (C=O) groups excluding carboxylic acids is 1. The molecule has 1 atom stereocenters. The summed E-state index contributed by atoms with van der Waals surface area (Å²) in [6.07, 6.45) is 0.842. The first-order valence-corrected chi connectivity index (χ1v) is 6.27. The highest BCUT2D eigenvalue weighted by atomic mass is 16.5. The lowest BCUT2D eigenvalue weighted by atomic mass is 9.99. The molecule has 0 bridgehead atoms. The van der Waals surface area contributed by atoms with E-state index in [1.807, 2.05) is 13.0 Å². The second kappa shape index (κ2) is 8.26. The number of carboxylic acid groups (broad SMARTS) is 1. The van der Waals surface area contributed by atoms with Gasteiger partial charge in [0.1, 0.15) is 6.61 Å². The van der Waals surface area contributed by atoms with Crippen molar-refractivity contribution < 1.29 is 19.4 Å². The summed E-state index contributed by atoms with van der Waals surface area (Å²) in [7, 11) is 0. The molecule has 0 radical (unpaired) electrons. The third-order valence-electron chi connectivity index (χ3n) is 2.59. The summed E-state index contributed by atoms with van der Waals surface area (Å²) in [5.74, 6) is -1.99. The molecule has 0 aromatic heterocycles. The fourth-order valence-corrected chi connectivity index (χ4v) is 1.61. The summed E-state index contributed by atoms with van der Waals surface area (Å²) in [4.78, 5) is 22.6. The topological polar surface area (TPSA) is 75.6 Å². The van der Waals surface area contributed by atoms with Crippen LogP contribution in [0.1, 0.15) is 24.8 Å². The van der Waals surface area contributed by atoms with Gasteiger partial charge in [0.15, 0.2) is 0 Å². The van der Waals surface area contributed by atoms with E-state index in [-0.39, 0.29) is 19.1 Å². The van der Waals surface area contributed by atoms with E-state index in [2.05, 4.69) is 5.32 Å². The summed E-state index contributed by atoms with van der Waals surface area (Å²) in [6, 6.07) is 8.84. The average molecular weight is 265 g/mol. The Morgan fingerprint density at radius 2 is 2.00 bits per heavy atom. The number of nitrogens with one attached hydrogen (secondary N) is 1. The van der Waals surface area contributed by atoms with Crippen LogP contribution < -0.4 is 5.32 Å². The van der Waals surface area contributed by atoms with Crippen molar-refractivity contribution in [2.75, 3.05) is 19.8 Å². The molecule has 1 aromatic carbocycles. The molecule has 0 aliphatic rings. The van der Waals surface area contributed by atoms with Gasteiger partial charge < -0.3 is 15.2 Å². The Hall–Kier alpha value is -1.88. The van der Waals surface area contributed by atoms with Crippen molar-refractivity contribution in [1.82, 2.24) is 5.32 Å². The normalized spacial score (nSPS) is 11.8. The van der Waals surface area contributed by atoms with Crippen LogP contribution in [-0.2, 0) is 14.3 Å². The van der Waals surface area contributed by atoms with E-state index < -0.39 is 11.9 Å². The molecule has 0 heterocycles. The Kier molecular flexibility index (Phi) is 6.60. The molecule has 0 saturated carbocycles. The Morgan fingerprint density at radius 3 is 2.58 bits per heavy atom. The molecule has 1 unspecified atom stereocenters. The van der Waals surface area contributed by atoms with Crippen molar-refractivity contribution in [1.29, 1.82) is 0 Å². The first-order chi connectivity index (χ1) is 9.15. The van der Waals surface area contributed by atoms with Crippen LogP contribution in [0.4, 0.5) is 0 Å². The Labute approximate surface area is 112 Å². The maximum atomic E-state index is 11.4. The van der Waals surface area contributed by atoms with Crippen molar-refractivity contribution in [3.63, 3.8) is 0 Å². The van der Waals surface area contributed by atoms with Gasteiger partial charge in [-0.3, -0.25) is 9.59 Å². The van der Waals surface area contributed by atoms with Gasteiger partial charge in [0.05, 0.1) is 5.92 Å². The average Bonchev–Trinajstić information content (AvgIpc) is 2.40. The van der Waals surface area contributed by atoms with Crippen molar-refractivity contribution in [2.24, 2.45) is 0 Å². The fourth-order valence-electron chi connectivity index (χ4n) is 1.61. The lowest BCUT2D eigenvalue weighted by Gasteiger charge is -2.13. The second-order valence-electron chi connectivity index (χ2n) is 4.16. The van der Waals surface area contributed by atoms with E-state index in [9.17, 15) is 14.7 Å². The van der Waals surface area contributed by atoms with Crippen molar-refractivity contribution in [3.8, 4) is 0 Å². The minimum Gasteiger partial charge on any atom is -0.481 e. The highest BCUT2D eigenvalue weighted by Gasteiger charge is 2.20. The molecule has 5 heteroatoms. The maximum Gasteiger partial charge on any atom is 0.312 e. The molecule has 0 aliphatic carbocycles. The number of aliphatic carboxylic acids is 1. The van der Waals surface area contributed by atoms with Gasteiger partial charge in [0.25, 0.3) is 0 Å². The van der Waals surface area contributed by atoms with Gasteiger partial charge in [0.2, 0.25) is 5.91 Å². The molecule has 0 aliphatic heterocycles. The Bertz CT molecular complexity index is 405. The van der Waals surface area contributed by atoms with Crippen LogP contribution >= 0.6 is 0 Å². The largest absolute Gasteiger partial charge is 0.481 e. The van der Waals surface area contributed by atoms with Crippen LogP contribution in [0.15, 0.2) is 30.3 Å². The second-order valence-corrected chi connectivity index (χ2v) is 4.16. The number of amides is 1. The number of carboxylic acids is 1. The van der Waals surface area contributed by atoms with Crippen LogP contribution in [0.25, 0.3) is 0 Å². The minimum absolute atomic E-state index is 0.0328. The van der Waals surface area contributed by atoms with Gasteiger partial charge in [-0.25, -0.2) is 0 Å². The van der Waals surface area contributed by atoms with Crippen molar-refractivity contribution in [3.05, 3.63) is 35.9 Å². The van der Waals surface area contributed by atoms with E-state index in [0.29, 0.717) is 12.2 Å². The number of ether oxygens (including phenoxy) is 1. The van der Waals surface area contributed by atoms with Gasteiger partial charge in [-0.2, -0.15) is 0 Å². The zero-order valence-corrected chi connectivity index (χ0v) is 11.0. The molecule has 0 fully saturated rings. The monoisotopic (exact) mass is 265 g/mol. The summed E-state index contributed by atoms with van der Waals surface area (Å²) in [6.45, 7) is 2.50. The lowest BCUT2D eigenvalue weighted by molar-refractivity contribution is -0.138. The molecular weight excluding hydrogens is 246 g/mol. The molecule has 2 N–H and O–H groups in total. The summed E-state index contributed by atoms with van der Waals surface area (Å²) in [5.41, 5.74) is 0.671. The van der Waals surface area contributed by atoms with E-state index in [1.54, 1.807) is 24.3 Å². The third-order valence-corrected chi connectivity index (χ3v) is 2.59. The number of rotatable bonds is 8. The number of benzene rings is 1. The summed E-state index contributed by atoms with van der Waals surface area (Å²) >= 11 is 0. The van der Waals surface area contributed by atoms with Gasteiger partial charge in [-0.05, 0) is 12.0 Å². The summed E-state index contributed by atoms with van der Waals surface area (Å²) < 4.78 is 5.08. The minimum atomic E-state index is -0.957. The molecule has 5 nitrogen and oxygen atoms in total. The first-order valence-electron chi connectivity index (χ1n) is 6.27. The quantitative estimate of drug-likeness (QED) is 0.697. The predicted molar refractivity (Wildman–Crippen MR) is 70.9 cm³/mol. The van der Waals surface area contributed by atoms with E-state index >= 15 is 0 Å². The summed E-state index contributed by atoms with van der Waals surface area (Å²) in [5, 5.41) is 11.7. The molecule has 0 saturated heterocycles. The maximum absolute atomic E-state index is 11.4. The van der Waals surface area contributed by atoms with Crippen LogP contribution in [0.3, 0.4) is 0 Å². The highest BCUT2D eigenvalue weighted by Crippen LogP contribution is 2.14. The van der Waals surface area contributed by atoms with Crippen LogP contribution in [0, 0.1) is 0 Å². The van der Waals surface area contributed by atoms with Crippen LogP contribution in [-0.4, -0.2) is 36.7 Å². The Morgan fingerprint density at radius 1 is 1.32 bits per heavy atom. The van der Waals surface area contributed by atoms with E-state index in [0.717, 1.165) is 6.42 Å². The molecule has 104 valence electrons. The van der Waals surface area contributed by atoms with Crippen molar-refractivity contribution >= 4 is 11.9 Å². The smallest absolute Gasteiger partial charge is 0.312 e. The van der Waals surface area contributed by atoms with E-state index in [4.69, 9.17) is 4.74 Å². The molecule has 1 aromatic rings. The first kappa shape index (κ1) is 15.2. The standard InChI is InChI=1S/C14H19NO4/c1-2-8-19-10-13(16)15-9-12(14(17)18)11-6-4-3-5-7-11/h3-7,12H,2,8-10H2,1H3,(H,15,16)(H,17,18). The third kappa shape index (κ3) is 5.52. The van der Waals surface area contributed by atoms with Gasteiger partial charge in [-0.1, -0.05) is 37.3 Å². The zero-order chi connectivity index (χ0) is 14.1. The lowest BCUT2D eigenvalue weighted by Crippen LogP contribution is -2.34. The number of hydrogen-bond donors (Lipinski definition) is 2. The van der Waals surface area contributed by atoms with Crippen molar-refractivity contribution in [2.45, 2.75) is 19.3 Å². The predicted octanol–water partition coefficient (Wildman–Crippen LogP) is 1.40. The SMILES string of the molecule is CCCOCC(=O)NCC(C(=O)O)c1ccccc1. The Balaban J connectivity index is 2.47. The van der Waals surface area contributed by atoms with Gasteiger partial charge in [0, 0.05) is 13.2 Å². The number of carbonyl (C=O) groups is 2. The molecule has 1 amide bonds. The van der Waals surface area contributed by atoms with E-state index in [1.165, 1.54) is 0 Å². The van der Waals surface area contributed by atoms with Gasteiger partial charge in [-0.15, -0.1) is 0 Å². The molecule has 0 spiro atoms. The zero-order valence-electron chi connectivity index (χ0n) is 11.0. The highest BCUT2D eigenvalue weighted by molar-refractivity contribution is 5.80. The molecule has 1 rings (SSSR count). The number of hydrogen-bond acceptors (Lipinski definition) is 3. The van der Waals surface area contributed by atoms with Crippen LogP contribution in [0.5, 0.6) is 0 Å². The molecule has 19 heavy (non-hydrogen) atoms. The van der Waals surface area contributed by atoms with Gasteiger partial charge >= 0.3 is 5.97 Å². The fraction of sp³-hybridized carbons (Fsp3) is 0.429.